The number of hydrogen-bond acceptors (Lipinski definition) is 3. The molecule has 1 N–H and O–H groups in total. The van der Waals surface area contributed by atoms with E-state index in [2.05, 4.69) is 24.1 Å². The van der Waals surface area contributed by atoms with Gasteiger partial charge in [-0.05, 0) is 43.5 Å². The van der Waals surface area contributed by atoms with Crippen LogP contribution in [0.1, 0.15) is 37.7 Å². The summed E-state index contributed by atoms with van der Waals surface area (Å²) >= 11 is 0. The van der Waals surface area contributed by atoms with Gasteiger partial charge in [0.2, 0.25) is 0 Å². The maximum absolute atomic E-state index is 10.2. The Balaban J connectivity index is 1.85. The van der Waals surface area contributed by atoms with Crippen LogP contribution in [-0.4, -0.2) is 36.8 Å². The highest BCUT2D eigenvalue weighted by Gasteiger charge is 2.22. The van der Waals surface area contributed by atoms with E-state index < -0.39 is 0 Å². The van der Waals surface area contributed by atoms with Crippen molar-refractivity contribution in [2.45, 2.75) is 44.8 Å². The third-order valence-corrected chi connectivity index (χ3v) is 4.28. The molecule has 3 heteroatoms. The van der Waals surface area contributed by atoms with E-state index in [1.807, 2.05) is 12.1 Å². The van der Waals surface area contributed by atoms with Crippen molar-refractivity contribution in [3.8, 4) is 5.75 Å². The number of ether oxygens (including phenoxy) is 1. The minimum atomic E-state index is -0.115. The minimum Gasteiger partial charge on any atom is -0.497 e. The Morgan fingerprint density at radius 1 is 1.15 bits per heavy atom. The third kappa shape index (κ3) is 4.50. The molecule has 0 heterocycles. The van der Waals surface area contributed by atoms with Gasteiger partial charge in [0.15, 0.2) is 0 Å². The SMILES string of the molecule is COc1ccc(CN(C)CC2CCCCCC2O)cc1. The van der Waals surface area contributed by atoms with Gasteiger partial charge in [-0.1, -0.05) is 31.4 Å². The van der Waals surface area contributed by atoms with Gasteiger partial charge in [0.25, 0.3) is 0 Å². The highest BCUT2D eigenvalue weighted by molar-refractivity contribution is 5.27. The predicted molar refractivity (Wildman–Crippen MR) is 81.9 cm³/mol. The molecule has 1 aromatic carbocycles. The average Bonchev–Trinajstić information content (AvgIpc) is 2.65. The maximum atomic E-state index is 10.2. The third-order valence-electron chi connectivity index (χ3n) is 4.28. The van der Waals surface area contributed by atoms with Crippen molar-refractivity contribution in [3.05, 3.63) is 29.8 Å². The average molecular weight is 277 g/mol. The Kier molecular flexibility index (Phi) is 5.86. The lowest BCUT2D eigenvalue weighted by Crippen LogP contribution is -2.32. The molecule has 0 aromatic heterocycles. The summed E-state index contributed by atoms with van der Waals surface area (Å²) in [5.74, 6) is 1.33. The molecule has 2 atom stereocenters. The second kappa shape index (κ2) is 7.65. The van der Waals surface area contributed by atoms with Gasteiger partial charge in [-0.2, -0.15) is 0 Å². The molecule has 2 unspecified atom stereocenters. The molecule has 1 aliphatic carbocycles. The summed E-state index contributed by atoms with van der Waals surface area (Å²) in [7, 11) is 3.83. The summed E-state index contributed by atoms with van der Waals surface area (Å²) in [5, 5.41) is 10.2. The molecule has 1 saturated carbocycles. The molecule has 0 bridgehead atoms. The van der Waals surface area contributed by atoms with E-state index in [4.69, 9.17) is 4.74 Å². The first-order valence-electron chi connectivity index (χ1n) is 7.68. The van der Waals surface area contributed by atoms with Crippen molar-refractivity contribution in [3.63, 3.8) is 0 Å². The summed E-state index contributed by atoms with van der Waals surface area (Å²) in [5.41, 5.74) is 1.29. The van der Waals surface area contributed by atoms with Crippen LogP contribution >= 0.6 is 0 Å². The quantitative estimate of drug-likeness (QED) is 0.840. The van der Waals surface area contributed by atoms with E-state index in [1.165, 1.54) is 24.8 Å². The predicted octanol–water partition coefficient (Wildman–Crippen LogP) is 3.07. The zero-order valence-corrected chi connectivity index (χ0v) is 12.7. The largest absolute Gasteiger partial charge is 0.497 e. The zero-order chi connectivity index (χ0) is 14.4. The molecule has 3 nitrogen and oxygen atoms in total. The van der Waals surface area contributed by atoms with Gasteiger partial charge >= 0.3 is 0 Å². The fourth-order valence-corrected chi connectivity index (χ4v) is 3.09. The van der Waals surface area contributed by atoms with Crippen LogP contribution in [-0.2, 0) is 6.54 Å². The van der Waals surface area contributed by atoms with Gasteiger partial charge in [0.05, 0.1) is 13.2 Å². The number of aliphatic hydroxyl groups excluding tert-OH is 1. The number of aliphatic hydroxyl groups is 1. The second-order valence-corrected chi connectivity index (χ2v) is 6.01. The van der Waals surface area contributed by atoms with Crippen molar-refractivity contribution >= 4 is 0 Å². The van der Waals surface area contributed by atoms with Crippen LogP contribution in [0.5, 0.6) is 5.75 Å². The van der Waals surface area contributed by atoms with Gasteiger partial charge in [0, 0.05) is 13.1 Å². The summed E-state index contributed by atoms with van der Waals surface area (Å²) in [6.45, 7) is 1.90. The first kappa shape index (κ1) is 15.3. The lowest BCUT2D eigenvalue weighted by atomic mass is 9.96. The summed E-state index contributed by atoms with van der Waals surface area (Å²) in [6.07, 6.45) is 5.74. The van der Waals surface area contributed by atoms with Crippen LogP contribution in [0.4, 0.5) is 0 Å². The van der Waals surface area contributed by atoms with Crippen LogP contribution in [0.25, 0.3) is 0 Å². The van der Waals surface area contributed by atoms with Crippen molar-refractivity contribution in [2.24, 2.45) is 5.92 Å². The van der Waals surface area contributed by atoms with E-state index in [-0.39, 0.29) is 6.10 Å². The molecule has 0 aliphatic heterocycles. The van der Waals surface area contributed by atoms with E-state index >= 15 is 0 Å². The molecule has 2 rings (SSSR count). The van der Waals surface area contributed by atoms with Crippen molar-refractivity contribution in [2.75, 3.05) is 20.7 Å². The van der Waals surface area contributed by atoms with E-state index in [0.29, 0.717) is 5.92 Å². The van der Waals surface area contributed by atoms with Crippen LogP contribution in [0, 0.1) is 5.92 Å². The maximum Gasteiger partial charge on any atom is 0.118 e. The Morgan fingerprint density at radius 3 is 2.55 bits per heavy atom. The van der Waals surface area contributed by atoms with Gasteiger partial charge in [0.1, 0.15) is 5.75 Å². The van der Waals surface area contributed by atoms with Crippen molar-refractivity contribution in [1.29, 1.82) is 0 Å². The topological polar surface area (TPSA) is 32.7 Å². The highest BCUT2D eigenvalue weighted by Crippen LogP contribution is 2.24. The van der Waals surface area contributed by atoms with Crippen LogP contribution in [0.3, 0.4) is 0 Å². The van der Waals surface area contributed by atoms with Crippen LogP contribution in [0.2, 0.25) is 0 Å². The lowest BCUT2D eigenvalue weighted by Gasteiger charge is -2.26. The second-order valence-electron chi connectivity index (χ2n) is 6.01. The molecule has 1 fully saturated rings. The first-order chi connectivity index (χ1) is 9.69. The molecular weight excluding hydrogens is 250 g/mol. The van der Waals surface area contributed by atoms with Crippen molar-refractivity contribution < 1.29 is 9.84 Å². The van der Waals surface area contributed by atoms with Crippen LogP contribution in [0.15, 0.2) is 24.3 Å². The molecule has 112 valence electrons. The van der Waals surface area contributed by atoms with E-state index in [9.17, 15) is 5.11 Å². The van der Waals surface area contributed by atoms with Gasteiger partial charge in [-0.25, -0.2) is 0 Å². The van der Waals surface area contributed by atoms with E-state index in [0.717, 1.165) is 31.7 Å². The molecule has 0 spiro atoms. The van der Waals surface area contributed by atoms with Gasteiger partial charge in [-0.15, -0.1) is 0 Å². The molecule has 1 aliphatic rings. The number of benzene rings is 1. The molecule has 0 saturated heterocycles. The molecule has 0 amide bonds. The fourth-order valence-electron chi connectivity index (χ4n) is 3.09. The molecule has 20 heavy (non-hydrogen) atoms. The minimum absolute atomic E-state index is 0.115. The highest BCUT2D eigenvalue weighted by atomic mass is 16.5. The Morgan fingerprint density at radius 2 is 1.85 bits per heavy atom. The van der Waals surface area contributed by atoms with Gasteiger partial charge in [-0.3, -0.25) is 0 Å². The standard InChI is InChI=1S/C17H27NO2/c1-18(12-14-8-10-16(20-2)11-9-14)13-15-6-4-3-5-7-17(15)19/h8-11,15,17,19H,3-7,12-13H2,1-2H3. The Hall–Kier alpha value is -1.06. The molecule has 0 radical (unpaired) electrons. The number of methoxy groups -OCH3 is 1. The smallest absolute Gasteiger partial charge is 0.118 e. The summed E-state index contributed by atoms with van der Waals surface area (Å²) < 4.78 is 5.18. The van der Waals surface area contributed by atoms with E-state index in [1.54, 1.807) is 7.11 Å². The van der Waals surface area contributed by atoms with Crippen molar-refractivity contribution in [1.82, 2.24) is 4.90 Å². The first-order valence-corrected chi connectivity index (χ1v) is 7.68. The summed E-state index contributed by atoms with van der Waals surface area (Å²) in [6, 6.07) is 8.23. The van der Waals surface area contributed by atoms with Crippen LogP contribution < -0.4 is 4.74 Å². The lowest BCUT2D eigenvalue weighted by molar-refractivity contribution is 0.0780. The van der Waals surface area contributed by atoms with Gasteiger partial charge < -0.3 is 14.7 Å². The summed E-state index contributed by atoms with van der Waals surface area (Å²) in [4.78, 5) is 2.32. The normalized spacial score (nSPS) is 23.6. The fraction of sp³-hybridized carbons (Fsp3) is 0.647. The Labute approximate surface area is 122 Å². The zero-order valence-electron chi connectivity index (χ0n) is 12.7. The Bertz CT molecular complexity index is 390. The monoisotopic (exact) mass is 277 g/mol. The number of hydrogen-bond donors (Lipinski definition) is 1. The molecule has 1 aromatic rings. The molecular formula is C17H27NO2. The number of rotatable bonds is 5. The number of nitrogens with zero attached hydrogens (tertiary/aromatic N) is 1.